The van der Waals surface area contributed by atoms with E-state index in [1.165, 1.54) is 12.8 Å². The second-order valence-electron chi connectivity index (χ2n) is 7.14. The van der Waals surface area contributed by atoms with Crippen LogP contribution < -0.4 is 15.4 Å². The van der Waals surface area contributed by atoms with Gasteiger partial charge in [-0.05, 0) is 38.3 Å². The third-order valence-electron chi connectivity index (χ3n) is 4.87. The largest absolute Gasteiger partial charge is 0.491 e. The molecule has 0 unspecified atom stereocenters. The van der Waals surface area contributed by atoms with Crippen LogP contribution in [0.15, 0.2) is 23.2 Å². The molecule has 1 aromatic carbocycles. The number of nitrogens with zero attached hydrogens (tertiary/aromatic N) is 4. The van der Waals surface area contributed by atoms with E-state index in [4.69, 9.17) is 14.5 Å². The summed E-state index contributed by atoms with van der Waals surface area (Å²) in [5, 5.41) is 15.3. The number of fused-ring (bicyclic) bond motifs is 1. The highest BCUT2D eigenvalue weighted by Crippen LogP contribution is 2.21. The number of benzene rings is 1. The number of aromatic nitrogens is 3. The van der Waals surface area contributed by atoms with Crippen LogP contribution in [0.2, 0.25) is 0 Å². The first-order valence-electron chi connectivity index (χ1n) is 10.4. The molecule has 1 aromatic heterocycles. The predicted octanol–water partition coefficient (Wildman–Crippen LogP) is 2.82. The number of aryl methyl sites for hydroxylation is 2. The van der Waals surface area contributed by atoms with Crippen molar-refractivity contribution in [2.24, 2.45) is 4.99 Å². The highest BCUT2D eigenvalue weighted by atomic mass is 127. The van der Waals surface area contributed by atoms with E-state index < -0.39 is 0 Å². The van der Waals surface area contributed by atoms with Crippen LogP contribution in [-0.2, 0) is 30.8 Å². The molecule has 2 N–H and O–H groups in total. The smallest absolute Gasteiger partial charge is 0.191 e. The number of guanidine groups is 1. The maximum Gasteiger partial charge on any atom is 0.191 e. The highest BCUT2D eigenvalue weighted by molar-refractivity contribution is 14.0. The summed E-state index contributed by atoms with van der Waals surface area (Å²) in [6, 6.07) is 6.19. The summed E-state index contributed by atoms with van der Waals surface area (Å²) in [7, 11) is 1.67. The number of halogens is 1. The van der Waals surface area contributed by atoms with Crippen molar-refractivity contribution in [3.05, 3.63) is 41.0 Å². The number of rotatable bonds is 9. The predicted molar refractivity (Wildman–Crippen MR) is 129 cm³/mol. The van der Waals surface area contributed by atoms with Gasteiger partial charge in [0.25, 0.3) is 0 Å². The highest BCUT2D eigenvalue weighted by Gasteiger charge is 2.15. The van der Waals surface area contributed by atoms with Gasteiger partial charge in [-0.3, -0.25) is 0 Å². The Balaban J connectivity index is 0.00000320. The molecule has 0 bridgehead atoms. The van der Waals surface area contributed by atoms with Crippen LogP contribution in [0.3, 0.4) is 0 Å². The molecule has 0 atom stereocenters. The second kappa shape index (κ2) is 12.7. The van der Waals surface area contributed by atoms with Gasteiger partial charge in [0.2, 0.25) is 0 Å². The van der Waals surface area contributed by atoms with Gasteiger partial charge in [0, 0.05) is 32.2 Å². The first-order chi connectivity index (χ1) is 14.2. The van der Waals surface area contributed by atoms with Crippen molar-refractivity contribution in [3.63, 3.8) is 0 Å². The lowest BCUT2D eigenvalue weighted by atomic mass is 10.1. The number of hydrogen-bond donors (Lipinski definition) is 2. The molecule has 8 nitrogen and oxygen atoms in total. The molecule has 0 radical (unpaired) electrons. The van der Waals surface area contributed by atoms with Gasteiger partial charge in [0.05, 0.1) is 19.7 Å². The lowest BCUT2D eigenvalue weighted by molar-refractivity contribution is 0.145. The Hall–Kier alpha value is -1.88. The van der Waals surface area contributed by atoms with Crippen molar-refractivity contribution in [2.45, 2.75) is 52.7 Å². The summed E-state index contributed by atoms with van der Waals surface area (Å²) in [5.74, 6) is 3.66. The number of aliphatic imine (C=N–C) groups is 1. The molecule has 30 heavy (non-hydrogen) atoms. The van der Waals surface area contributed by atoms with E-state index in [1.54, 1.807) is 7.11 Å². The van der Waals surface area contributed by atoms with Gasteiger partial charge in [0.15, 0.2) is 11.8 Å². The summed E-state index contributed by atoms with van der Waals surface area (Å²) in [5.41, 5.74) is 2.20. The molecule has 1 aliphatic heterocycles. The zero-order valence-corrected chi connectivity index (χ0v) is 20.4. The van der Waals surface area contributed by atoms with Crippen LogP contribution in [0.4, 0.5) is 0 Å². The standard InChI is InChI=1S/C21H32N6O2.HI/c1-4-22-21(24-15-20-26-25-19-7-5-6-10-27(19)20)23-14-17-9-8-16(2)13-18(17)29-12-11-28-3;/h8-9,13H,4-7,10-12,14-15H2,1-3H3,(H2,22,23,24);1H. The van der Waals surface area contributed by atoms with Crippen LogP contribution >= 0.6 is 24.0 Å². The quantitative estimate of drug-likeness (QED) is 0.226. The lowest BCUT2D eigenvalue weighted by Crippen LogP contribution is -2.37. The Morgan fingerprint density at radius 1 is 1.20 bits per heavy atom. The van der Waals surface area contributed by atoms with E-state index >= 15 is 0 Å². The first-order valence-corrected chi connectivity index (χ1v) is 10.4. The summed E-state index contributed by atoms with van der Waals surface area (Å²) >= 11 is 0. The minimum Gasteiger partial charge on any atom is -0.491 e. The molecule has 0 aliphatic carbocycles. The minimum atomic E-state index is 0. The molecule has 0 spiro atoms. The number of ether oxygens (including phenoxy) is 2. The number of hydrogen-bond acceptors (Lipinski definition) is 5. The van der Waals surface area contributed by atoms with Crippen LogP contribution in [0.1, 0.15) is 42.5 Å². The fraction of sp³-hybridized carbons (Fsp3) is 0.571. The van der Waals surface area contributed by atoms with Gasteiger partial charge >= 0.3 is 0 Å². The van der Waals surface area contributed by atoms with E-state index in [1.807, 2.05) is 6.07 Å². The minimum absolute atomic E-state index is 0. The Kier molecular flexibility index (Phi) is 10.4. The molecule has 166 valence electrons. The van der Waals surface area contributed by atoms with Crippen LogP contribution in [0.5, 0.6) is 5.75 Å². The Labute approximate surface area is 195 Å². The van der Waals surface area contributed by atoms with E-state index in [9.17, 15) is 0 Å². The van der Waals surface area contributed by atoms with Gasteiger partial charge < -0.3 is 24.7 Å². The van der Waals surface area contributed by atoms with Gasteiger partial charge in [-0.15, -0.1) is 34.2 Å². The Bertz CT molecular complexity index is 824. The maximum absolute atomic E-state index is 5.88. The SMILES string of the molecule is CCNC(=NCc1ccc(C)cc1OCCOC)NCc1nnc2n1CCCC2.I. The normalized spacial score (nSPS) is 13.4. The third kappa shape index (κ3) is 6.83. The molecule has 0 saturated carbocycles. The van der Waals surface area contributed by atoms with Crippen molar-refractivity contribution in [2.75, 3.05) is 26.9 Å². The zero-order valence-electron chi connectivity index (χ0n) is 18.1. The van der Waals surface area contributed by atoms with E-state index in [0.717, 1.165) is 54.0 Å². The molecule has 0 amide bonds. The molecule has 2 heterocycles. The van der Waals surface area contributed by atoms with Crippen molar-refractivity contribution < 1.29 is 9.47 Å². The van der Waals surface area contributed by atoms with E-state index in [0.29, 0.717) is 26.3 Å². The molecule has 1 aliphatic rings. The van der Waals surface area contributed by atoms with Gasteiger partial charge in [-0.1, -0.05) is 12.1 Å². The van der Waals surface area contributed by atoms with Gasteiger partial charge in [-0.2, -0.15) is 0 Å². The summed E-state index contributed by atoms with van der Waals surface area (Å²) in [6.45, 7) is 8.10. The maximum atomic E-state index is 5.88. The van der Waals surface area contributed by atoms with Crippen molar-refractivity contribution >= 4 is 29.9 Å². The fourth-order valence-corrected chi connectivity index (χ4v) is 3.33. The summed E-state index contributed by atoms with van der Waals surface area (Å²) < 4.78 is 13.2. The molecule has 0 fully saturated rings. The van der Waals surface area contributed by atoms with Crippen LogP contribution in [-0.4, -0.2) is 47.6 Å². The molecule has 0 saturated heterocycles. The molecular formula is C21H33IN6O2. The second-order valence-corrected chi connectivity index (χ2v) is 7.14. The monoisotopic (exact) mass is 528 g/mol. The summed E-state index contributed by atoms with van der Waals surface area (Å²) in [6.07, 6.45) is 3.40. The number of nitrogens with one attached hydrogen (secondary N) is 2. The van der Waals surface area contributed by atoms with Crippen LogP contribution in [0.25, 0.3) is 0 Å². The van der Waals surface area contributed by atoms with Crippen molar-refractivity contribution in [1.82, 2.24) is 25.4 Å². The molecule has 9 heteroatoms. The van der Waals surface area contributed by atoms with Crippen molar-refractivity contribution in [1.29, 1.82) is 0 Å². The molecular weight excluding hydrogens is 495 g/mol. The van der Waals surface area contributed by atoms with E-state index in [-0.39, 0.29) is 24.0 Å². The molecule has 3 rings (SSSR count). The number of methoxy groups -OCH3 is 1. The Morgan fingerprint density at radius 2 is 2.07 bits per heavy atom. The molecule has 2 aromatic rings. The van der Waals surface area contributed by atoms with Gasteiger partial charge in [0.1, 0.15) is 18.2 Å². The van der Waals surface area contributed by atoms with Crippen molar-refractivity contribution in [3.8, 4) is 5.75 Å². The third-order valence-corrected chi connectivity index (χ3v) is 4.87. The average molecular weight is 528 g/mol. The fourth-order valence-electron chi connectivity index (χ4n) is 3.33. The van der Waals surface area contributed by atoms with Gasteiger partial charge in [-0.25, -0.2) is 4.99 Å². The summed E-state index contributed by atoms with van der Waals surface area (Å²) in [4.78, 5) is 4.74. The first kappa shape index (κ1) is 24.4. The van der Waals surface area contributed by atoms with E-state index in [2.05, 4.69) is 51.4 Å². The van der Waals surface area contributed by atoms with Crippen LogP contribution in [0, 0.1) is 6.92 Å². The zero-order chi connectivity index (χ0) is 20.5. The lowest BCUT2D eigenvalue weighted by Gasteiger charge is -2.16. The topological polar surface area (TPSA) is 85.6 Å². The average Bonchev–Trinajstić information content (AvgIpc) is 3.14. The Morgan fingerprint density at radius 3 is 2.87 bits per heavy atom.